The summed E-state index contributed by atoms with van der Waals surface area (Å²) in [4.78, 5) is 9.40. The van der Waals surface area contributed by atoms with Crippen LogP contribution in [0.5, 0.6) is 0 Å². The van der Waals surface area contributed by atoms with E-state index in [1.54, 1.807) is 6.20 Å². The quantitative estimate of drug-likeness (QED) is 0.806. The molecule has 0 aromatic carbocycles. The summed E-state index contributed by atoms with van der Waals surface area (Å²) >= 11 is 5.04. The highest BCUT2D eigenvalue weighted by Gasteiger charge is 2.19. The third kappa shape index (κ3) is 2.73. The van der Waals surface area contributed by atoms with Gasteiger partial charge in [0.1, 0.15) is 10.7 Å². The van der Waals surface area contributed by atoms with Gasteiger partial charge in [-0.05, 0) is 18.7 Å². The average Bonchev–Trinajstić information content (AvgIpc) is 2.39. The Hall–Kier alpha value is -1.20. The van der Waals surface area contributed by atoms with E-state index in [2.05, 4.69) is 21.7 Å². The van der Waals surface area contributed by atoms with Crippen LogP contribution in [-0.4, -0.2) is 47.6 Å². The Balaban J connectivity index is 2.15. The van der Waals surface area contributed by atoms with Gasteiger partial charge in [-0.1, -0.05) is 19.1 Å². The minimum atomic E-state index is 0.374. The maximum absolute atomic E-state index is 5.71. The zero-order chi connectivity index (χ0) is 12.3. The molecule has 0 aliphatic carbocycles. The van der Waals surface area contributed by atoms with Gasteiger partial charge in [0.15, 0.2) is 0 Å². The fourth-order valence-corrected chi connectivity index (χ4v) is 2.30. The molecule has 92 valence electrons. The first-order chi connectivity index (χ1) is 8.22. The van der Waals surface area contributed by atoms with E-state index in [4.69, 9.17) is 18.0 Å². The fraction of sp³-hybridized carbons (Fsp3) is 0.500. The second-order valence-corrected chi connectivity index (χ2v) is 4.60. The van der Waals surface area contributed by atoms with Crippen molar-refractivity contribution in [2.45, 2.75) is 6.92 Å². The van der Waals surface area contributed by atoms with Crippen LogP contribution in [0.2, 0.25) is 0 Å². The normalized spacial score (nSPS) is 17.1. The number of nitrogens with two attached hydrogens (primary N) is 1. The topological polar surface area (TPSA) is 45.4 Å². The van der Waals surface area contributed by atoms with E-state index in [0.29, 0.717) is 4.99 Å². The Morgan fingerprint density at radius 1 is 1.41 bits per heavy atom. The first-order valence-electron chi connectivity index (χ1n) is 5.94. The predicted octanol–water partition coefficient (Wildman–Crippen LogP) is 0.858. The maximum atomic E-state index is 5.71. The first kappa shape index (κ1) is 12.3. The van der Waals surface area contributed by atoms with Gasteiger partial charge < -0.3 is 15.5 Å². The molecule has 1 aliphatic heterocycles. The highest BCUT2D eigenvalue weighted by atomic mass is 32.1. The highest BCUT2D eigenvalue weighted by molar-refractivity contribution is 7.80. The van der Waals surface area contributed by atoms with E-state index >= 15 is 0 Å². The zero-order valence-corrected chi connectivity index (χ0v) is 10.9. The Bertz CT molecular complexity index is 399. The van der Waals surface area contributed by atoms with Gasteiger partial charge in [-0.25, -0.2) is 0 Å². The second kappa shape index (κ2) is 5.42. The van der Waals surface area contributed by atoms with E-state index in [1.807, 2.05) is 12.1 Å². The summed E-state index contributed by atoms with van der Waals surface area (Å²) in [6.07, 6.45) is 1.74. The van der Waals surface area contributed by atoms with Crippen LogP contribution in [0.1, 0.15) is 12.6 Å². The van der Waals surface area contributed by atoms with E-state index in [9.17, 15) is 0 Å². The maximum Gasteiger partial charge on any atom is 0.124 e. The molecule has 0 spiro atoms. The molecule has 5 heteroatoms. The number of aromatic nitrogens is 1. The van der Waals surface area contributed by atoms with Crippen molar-refractivity contribution in [1.29, 1.82) is 0 Å². The molecule has 4 nitrogen and oxygen atoms in total. The Labute approximate surface area is 107 Å². The van der Waals surface area contributed by atoms with Gasteiger partial charge in [-0.15, -0.1) is 0 Å². The zero-order valence-electron chi connectivity index (χ0n) is 10.1. The van der Waals surface area contributed by atoms with Crippen LogP contribution in [-0.2, 0) is 0 Å². The summed E-state index contributed by atoms with van der Waals surface area (Å²) in [6.45, 7) is 7.50. The first-order valence-corrected chi connectivity index (χ1v) is 6.35. The molecule has 0 saturated carbocycles. The fourth-order valence-electron chi connectivity index (χ4n) is 2.15. The van der Waals surface area contributed by atoms with Crippen molar-refractivity contribution in [1.82, 2.24) is 9.88 Å². The molecule has 0 unspecified atom stereocenters. The van der Waals surface area contributed by atoms with Crippen LogP contribution in [0.15, 0.2) is 18.3 Å². The number of nitrogens with zero attached hydrogens (tertiary/aromatic N) is 3. The molecule has 17 heavy (non-hydrogen) atoms. The number of rotatable bonds is 3. The average molecular weight is 250 g/mol. The van der Waals surface area contributed by atoms with Crippen LogP contribution in [0, 0.1) is 0 Å². The summed E-state index contributed by atoms with van der Waals surface area (Å²) in [7, 11) is 0. The lowest BCUT2D eigenvalue weighted by molar-refractivity contribution is 0.271. The lowest BCUT2D eigenvalue weighted by Crippen LogP contribution is -2.46. The molecule has 0 bridgehead atoms. The van der Waals surface area contributed by atoms with Crippen molar-refractivity contribution < 1.29 is 0 Å². The number of piperazine rings is 1. The lowest BCUT2D eigenvalue weighted by atomic mass is 10.2. The molecule has 2 heterocycles. The van der Waals surface area contributed by atoms with Crippen LogP contribution < -0.4 is 10.6 Å². The standard InChI is InChI=1S/C12H18N4S/c1-2-15-6-8-16(9-7-15)10-4-3-5-14-11(10)12(13)17/h3-5H,2,6-9H2,1H3,(H2,13,17). The molecule has 0 radical (unpaired) electrons. The minimum absolute atomic E-state index is 0.374. The number of pyridine rings is 1. The van der Waals surface area contributed by atoms with Gasteiger partial charge >= 0.3 is 0 Å². The van der Waals surface area contributed by atoms with Gasteiger partial charge in [0.05, 0.1) is 5.69 Å². The molecule has 2 rings (SSSR count). The molecule has 1 saturated heterocycles. The van der Waals surface area contributed by atoms with Crippen molar-refractivity contribution in [2.24, 2.45) is 5.73 Å². The second-order valence-electron chi connectivity index (χ2n) is 4.16. The third-order valence-corrected chi connectivity index (χ3v) is 3.37. The summed E-state index contributed by atoms with van der Waals surface area (Å²) in [5.74, 6) is 0. The van der Waals surface area contributed by atoms with Gasteiger partial charge in [-0.2, -0.15) is 0 Å². The van der Waals surface area contributed by atoms with E-state index in [-0.39, 0.29) is 0 Å². The van der Waals surface area contributed by atoms with Crippen LogP contribution >= 0.6 is 12.2 Å². The van der Waals surface area contributed by atoms with Crippen molar-refractivity contribution in [3.63, 3.8) is 0 Å². The molecule has 1 aromatic heterocycles. The molecule has 0 atom stereocenters. The van der Waals surface area contributed by atoms with E-state index in [1.165, 1.54) is 0 Å². The predicted molar refractivity (Wildman–Crippen MR) is 74.5 cm³/mol. The molecule has 2 N–H and O–H groups in total. The summed E-state index contributed by atoms with van der Waals surface area (Å²) in [5.41, 5.74) is 7.52. The van der Waals surface area contributed by atoms with Crippen molar-refractivity contribution in [2.75, 3.05) is 37.6 Å². The Kier molecular flexibility index (Phi) is 3.91. The summed E-state index contributed by atoms with van der Waals surface area (Å²) in [5, 5.41) is 0. The van der Waals surface area contributed by atoms with Crippen molar-refractivity contribution in [3.8, 4) is 0 Å². The molecule has 0 amide bonds. The number of anilines is 1. The number of hydrogen-bond acceptors (Lipinski definition) is 4. The monoisotopic (exact) mass is 250 g/mol. The molecule has 1 aromatic rings. The van der Waals surface area contributed by atoms with Gasteiger partial charge in [0, 0.05) is 32.4 Å². The molecule has 1 fully saturated rings. The number of likely N-dealkylation sites (N-methyl/N-ethyl adjacent to an activating group) is 1. The minimum Gasteiger partial charge on any atom is -0.388 e. The number of hydrogen-bond donors (Lipinski definition) is 1. The summed E-state index contributed by atoms with van der Waals surface area (Å²) in [6, 6.07) is 3.98. The highest BCUT2D eigenvalue weighted by Crippen LogP contribution is 2.19. The van der Waals surface area contributed by atoms with Crippen LogP contribution in [0.25, 0.3) is 0 Å². The smallest absolute Gasteiger partial charge is 0.124 e. The van der Waals surface area contributed by atoms with Crippen LogP contribution in [0.3, 0.4) is 0 Å². The number of thiocarbonyl (C=S) groups is 1. The van der Waals surface area contributed by atoms with Gasteiger partial charge in [0.25, 0.3) is 0 Å². The molecule has 1 aliphatic rings. The SMILES string of the molecule is CCN1CCN(c2cccnc2C(N)=S)CC1. The van der Waals surface area contributed by atoms with E-state index < -0.39 is 0 Å². The lowest BCUT2D eigenvalue weighted by Gasteiger charge is -2.36. The molecular formula is C12H18N4S. The van der Waals surface area contributed by atoms with Crippen molar-refractivity contribution >= 4 is 22.9 Å². The largest absolute Gasteiger partial charge is 0.388 e. The summed E-state index contributed by atoms with van der Waals surface area (Å²) < 4.78 is 0. The Morgan fingerprint density at radius 3 is 2.71 bits per heavy atom. The van der Waals surface area contributed by atoms with E-state index in [0.717, 1.165) is 44.1 Å². The Morgan fingerprint density at radius 2 is 2.12 bits per heavy atom. The van der Waals surface area contributed by atoms with Gasteiger partial charge in [-0.3, -0.25) is 4.98 Å². The van der Waals surface area contributed by atoms with Crippen LogP contribution in [0.4, 0.5) is 5.69 Å². The van der Waals surface area contributed by atoms with Crippen molar-refractivity contribution in [3.05, 3.63) is 24.0 Å². The third-order valence-electron chi connectivity index (χ3n) is 3.18. The van der Waals surface area contributed by atoms with Gasteiger partial charge in [0.2, 0.25) is 0 Å². The molecular weight excluding hydrogens is 232 g/mol.